The molecule has 2 rings (SSSR count). The van der Waals surface area contributed by atoms with Crippen LogP contribution >= 0.6 is 15.9 Å². The first-order chi connectivity index (χ1) is 10.1. The fourth-order valence-electron chi connectivity index (χ4n) is 1.63. The van der Waals surface area contributed by atoms with E-state index in [1.54, 1.807) is 6.07 Å². The van der Waals surface area contributed by atoms with Crippen LogP contribution in [-0.4, -0.2) is 19.2 Å². The van der Waals surface area contributed by atoms with Crippen molar-refractivity contribution < 1.29 is 13.9 Å². The van der Waals surface area contributed by atoms with E-state index in [1.165, 1.54) is 18.2 Å². The van der Waals surface area contributed by atoms with Crippen LogP contribution in [0.5, 0.6) is 5.75 Å². The van der Waals surface area contributed by atoms with E-state index in [9.17, 15) is 9.18 Å². The fourth-order valence-corrected chi connectivity index (χ4v) is 2.03. The highest BCUT2D eigenvalue weighted by Gasteiger charge is 2.03. The highest BCUT2D eigenvalue weighted by atomic mass is 79.9. The Kier molecular flexibility index (Phi) is 5.57. The SMILES string of the molecule is O=C(NCCOc1ccccc1Br)Nc1cccc(F)c1. The number of carbonyl (C=O) groups excluding carboxylic acids is 1. The lowest BCUT2D eigenvalue weighted by atomic mass is 10.3. The molecule has 0 aromatic heterocycles. The second-order valence-electron chi connectivity index (χ2n) is 4.17. The number of nitrogens with one attached hydrogen (secondary N) is 2. The number of benzene rings is 2. The molecule has 0 saturated carbocycles. The Hall–Kier alpha value is -2.08. The average molecular weight is 353 g/mol. The maximum atomic E-state index is 13.0. The summed E-state index contributed by atoms with van der Waals surface area (Å²) in [6.45, 7) is 0.668. The Bertz CT molecular complexity index is 622. The van der Waals surface area contributed by atoms with E-state index in [-0.39, 0.29) is 0 Å². The molecule has 4 nitrogen and oxygen atoms in total. The van der Waals surface area contributed by atoms with Crippen LogP contribution in [0.25, 0.3) is 0 Å². The fraction of sp³-hybridized carbons (Fsp3) is 0.133. The number of rotatable bonds is 5. The molecular weight excluding hydrogens is 339 g/mol. The zero-order valence-electron chi connectivity index (χ0n) is 11.1. The molecule has 2 N–H and O–H groups in total. The van der Waals surface area contributed by atoms with Crippen molar-refractivity contribution in [1.29, 1.82) is 0 Å². The highest BCUT2D eigenvalue weighted by Crippen LogP contribution is 2.23. The van der Waals surface area contributed by atoms with Gasteiger partial charge in [-0.15, -0.1) is 0 Å². The largest absolute Gasteiger partial charge is 0.491 e. The van der Waals surface area contributed by atoms with Gasteiger partial charge in [-0.25, -0.2) is 9.18 Å². The third kappa shape index (κ3) is 5.07. The second-order valence-corrected chi connectivity index (χ2v) is 5.02. The Balaban J connectivity index is 1.71. The van der Waals surface area contributed by atoms with Crippen molar-refractivity contribution in [3.05, 3.63) is 58.8 Å². The second kappa shape index (κ2) is 7.64. The molecule has 0 fully saturated rings. The zero-order chi connectivity index (χ0) is 15.1. The van der Waals surface area contributed by atoms with Gasteiger partial charge in [0.05, 0.1) is 11.0 Å². The molecule has 0 saturated heterocycles. The summed E-state index contributed by atoms with van der Waals surface area (Å²) in [7, 11) is 0. The van der Waals surface area contributed by atoms with Crippen LogP contribution in [0, 0.1) is 5.82 Å². The highest BCUT2D eigenvalue weighted by molar-refractivity contribution is 9.10. The van der Waals surface area contributed by atoms with Crippen molar-refractivity contribution >= 4 is 27.6 Å². The number of hydrogen-bond donors (Lipinski definition) is 2. The molecule has 0 unspecified atom stereocenters. The van der Waals surface area contributed by atoms with Crippen LogP contribution in [0.3, 0.4) is 0 Å². The van der Waals surface area contributed by atoms with Crippen LogP contribution in [0.15, 0.2) is 53.0 Å². The van der Waals surface area contributed by atoms with Gasteiger partial charge in [-0.2, -0.15) is 0 Å². The van der Waals surface area contributed by atoms with Crippen LogP contribution in [0.4, 0.5) is 14.9 Å². The molecule has 0 aliphatic heterocycles. The van der Waals surface area contributed by atoms with E-state index in [1.807, 2.05) is 24.3 Å². The van der Waals surface area contributed by atoms with Crippen molar-refractivity contribution in [2.75, 3.05) is 18.5 Å². The van der Waals surface area contributed by atoms with E-state index >= 15 is 0 Å². The van der Waals surface area contributed by atoms with Gasteiger partial charge in [0.1, 0.15) is 18.2 Å². The van der Waals surface area contributed by atoms with E-state index in [4.69, 9.17) is 4.74 Å². The lowest BCUT2D eigenvalue weighted by Gasteiger charge is -2.10. The van der Waals surface area contributed by atoms with Gasteiger partial charge in [0, 0.05) is 5.69 Å². The van der Waals surface area contributed by atoms with Gasteiger partial charge in [0.15, 0.2) is 0 Å². The van der Waals surface area contributed by atoms with E-state index in [2.05, 4.69) is 26.6 Å². The normalized spacial score (nSPS) is 10.0. The molecule has 0 bridgehead atoms. The number of hydrogen-bond acceptors (Lipinski definition) is 2. The van der Waals surface area contributed by atoms with Crippen molar-refractivity contribution in [1.82, 2.24) is 5.32 Å². The Morgan fingerprint density at radius 3 is 2.76 bits per heavy atom. The van der Waals surface area contributed by atoms with Crippen molar-refractivity contribution in [2.24, 2.45) is 0 Å². The van der Waals surface area contributed by atoms with E-state index in [0.717, 1.165) is 4.47 Å². The van der Waals surface area contributed by atoms with E-state index in [0.29, 0.717) is 24.6 Å². The van der Waals surface area contributed by atoms with Gasteiger partial charge in [-0.3, -0.25) is 0 Å². The Labute approximate surface area is 130 Å². The molecule has 21 heavy (non-hydrogen) atoms. The first-order valence-electron chi connectivity index (χ1n) is 6.33. The smallest absolute Gasteiger partial charge is 0.319 e. The molecule has 2 aromatic carbocycles. The molecule has 0 aliphatic rings. The minimum atomic E-state index is -0.406. The summed E-state index contributed by atoms with van der Waals surface area (Å²) in [6, 6.07) is 12.8. The minimum absolute atomic E-state index is 0.333. The van der Waals surface area contributed by atoms with Gasteiger partial charge < -0.3 is 15.4 Å². The average Bonchev–Trinajstić information content (AvgIpc) is 2.45. The van der Waals surface area contributed by atoms with E-state index < -0.39 is 11.8 Å². The first kappa shape index (κ1) is 15.3. The summed E-state index contributed by atoms with van der Waals surface area (Å²) in [4.78, 5) is 11.6. The number of para-hydroxylation sites is 1. The lowest BCUT2D eigenvalue weighted by molar-refractivity contribution is 0.247. The summed E-state index contributed by atoms with van der Waals surface area (Å²) in [5.41, 5.74) is 0.402. The van der Waals surface area contributed by atoms with Crippen LogP contribution in [0.2, 0.25) is 0 Å². The van der Waals surface area contributed by atoms with Crippen LogP contribution in [0.1, 0.15) is 0 Å². The van der Waals surface area contributed by atoms with Gasteiger partial charge in [-0.05, 0) is 46.3 Å². The quantitative estimate of drug-likeness (QED) is 0.804. The molecule has 2 amide bonds. The van der Waals surface area contributed by atoms with Crippen molar-refractivity contribution in [2.45, 2.75) is 0 Å². The predicted molar refractivity (Wildman–Crippen MR) is 83.1 cm³/mol. The maximum absolute atomic E-state index is 13.0. The molecular formula is C15H14BrFN2O2. The van der Waals surface area contributed by atoms with Crippen LogP contribution < -0.4 is 15.4 Å². The topological polar surface area (TPSA) is 50.4 Å². The summed E-state index contributed by atoms with van der Waals surface area (Å²) < 4.78 is 19.3. The summed E-state index contributed by atoms with van der Waals surface area (Å²) in [5.74, 6) is 0.315. The summed E-state index contributed by atoms with van der Waals surface area (Å²) in [6.07, 6.45) is 0. The molecule has 0 radical (unpaired) electrons. The van der Waals surface area contributed by atoms with Gasteiger partial charge in [0.25, 0.3) is 0 Å². The number of halogens is 2. The molecule has 0 aliphatic carbocycles. The summed E-state index contributed by atoms with van der Waals surface area (Å²) in [5, 5.41) is 5.17. The zero-order valence-corrected chi connectivity index (χ0v) is 12.7. The monoisotopic (exact) mass is 352 g/mol. The van der Waals surface area contributed by atoms with Crippen molar-refractivity contribution in [3.8, 4) is 5.75 Å². The number of amides is 2. The van der Waals surface area contributed by atoms with Crippen LogP contribution in [-0.2, 0) is 0 Å². The maximum Gasteiger partial charge on any atom is 0.319 e. The molecule has 6 heteroatoms. The molecule has 0 atom stereocenters. The number of ether oxygens (including phenoxy) is 1. The van der Waals surface area contributed by atoms with Gasteiger partial charge in [-0.1, -0.05) is 18.2 Å². The number of anilines is 1. The third-order valence-corrected chi connectivity index (χ3v) is 3.22. The van der Waals surface area contributed by atoms with Gasteiger partial charge in [0.2, 0.25) is 0 Å². The molecule has 110 valence electrons. The Morgan fingerprint density at radius 2 is 2.00 bits per heavy atom. The predicted octanol–water partition coefficient (Wildman–Crippen LogP) is 3.79. The van der Waals surface area contributed by atoms with Gasteiger partial charge >= 0.3 is 6.03 Å². The minimum Gasteiger partial charge on any atom is -0.491 e. The number of carbonyl (C=O) groups is 1. The lowest BCUT2D eigenvalue weighted by Crippen LogP contribution is -2.32. The molecule has 0 spiro atoms. The standard InChI is InChI=1S/C15H14BrFN2O2/c16-13-6-1-2-7-14(13)21-9-8-18-15(20)19-12-5-3-4-11(17)10-12/h1-7,10H,8-9H2,(H2,18,19,20). The molecule has 0 heterocycles. The summed E-state index contributed by atoms with van der Waals surface area (Å²) >= 11 is 3.37. The number of urea groups is 1. The van der Waals surface area contributed by atoms with Crippen molar-refractivity contribution in [3.63, 3.8) is 0 Å². The molecule has 2 aromatic rings. The first-order valence-corrected chi connectivity index (χ1v) is 7.12. The third-order valence-electron chi connectivity index (χ3n) is 2.56. The Morgan fingerprint density at radius 1 is 1.19 bits per heavy atom.